The van der Waals surface area contributed by atoms with Crippen LogP contribution in [0.3, 0.4) is 0 Å². The van der Waals surface area contributed by atoms with Gasteiger partial charge in [-0.1, -0.05) is 17.7 Å². The zero-order valence-corrected chi connectivity index (χ0v) is 14.8. The van der Waals surface area contributed by atoms with Gasteiger partial charge in [0.2, 0.25) is 0 Å². The zero-order chi connectivity index (χ0) is 18.2. The van der Waals surface area contributed by atoms with Crippen LogP contribution in [0.4, 0.5) is 5.69 Å². The first-order chi connectivity index (χ1) is 11.9. The molecule has 0 aromatic heterocycles. The second-order valence-electron chi connectivity index (χ2n) is 5.34. The lowest BCUT2D eigenvalue weighted by molar-refractivity contribution is -0.139. The number of hydrogen-bond acceptors (Lipinski definition) is 4. The summed E-state index contributed by atoms with van der Waals surface area (Å²) in [6.07, 6.45) is 0. The van der Waals surface area contributed by atoms with Crippen molar-refractivity contribution in [2.45, 2.75) is 13.8 Å². The molecule has 0 amide bonds. The van der Waals surface area contributed by atoms with Crippen molar-refractivity contribution in [3.8, 4) is 5.75 Å². The fraction of sp³-hybridized carbons (Fsp3) is 0.167. The van der Waals surface area contributed by atoms with Crippen LogP contribution in [-0.4, -0.2) is 28.5 Å². The Bertz CT molecular complexity index is 771. The summed E-state index contributed by atoms with van der Waals surface area (Å²) in [6, 6.07) is 14.9. The lowest BCUT2D eigenvalue weighted by Gasteiger charge is -2.09. The summed E-state index contributed by atoms with van der Waals surface area (Å²) < 4.78 is 5.09. The maximum absolute atomic E-state index is 10.5. The van der Waals surface area contributed by atoms with Gasteiger partial charge in [-0.25, -0.2) is 4.79 Å². The number of ether oxygens (including phenoxy) is 1. The van der Waals surface area contributed by atoms with Gasteiger partial charge in [0, 0.05) is 5.69 Å². The average Bonchev–Trinajstić information content (AvgIpc) is 2.60. The Hall–Kier alpha value is -2.93. The van der Waals surface area contributed by atoms with Crippen molar-refractivity contribution in [3.63, 3.8) is 0 Å². The minimum atomic E-state index is -1.01. The standard InChI is InChI=1S/C18H19N3O3S/c1-12-3-7-15(8-4-12)19-18(25)21-20-13(2)14-5-9-16(10-6-14)24-11-17(22)23/h3-10H,11H2,1-2H3,(H,22,23)(H2,19,21,25)/b20-13-. The van der Waals surface area contributed by atoms with Crippen LogP contribution >= 0.6 is 12.2 Å². The number of nitrogens with one attached hydrogen (secondary N) is 2. The molecule has 130 valence electrons. The Morgan fingerprint density at radius 3 is 2.40 bits per heavy atom. The van der Waals surface area contributed by atoms with E-state index in [2.05, 4.69) is 15.8 Å². The Morgan fingerprint density at radius 2 is 1.80 bits per heavy atom. The smallest absolute Gasteiger partial charge is 0.341 e. The summed E-state index contributed by atoms with van der Waals surface area (Å²) in [4.78, 5) is 10.5. The number of carbonyl (C=O) groups is 1. The maximum atomic E-state index is 10.5. The number of anilines is 1. The van der Waals surface area contributed by atoms with Crippen LogP contribution in [0.25, 0.3) is 0 Å². The topological polar surface area (TPSA) is 83.0 Å². The van der Waals surface area contributed by atoms with E-state index < -0.39 is 5.97 Å². The van der Waals surface area contributed by atoms with E-state index in [1.54, 1.807) is 24.3 Å². The molecule has 0 saturated carbocycles. The van der Waals surface area contributed by atoms with Gasteiger partial charge in [0.1, 0.15) is 5.75 Å². The third kappa shape index (κ3) is 6.23. The van der Waals surface area contributed by atoms with E-state index in [-0.39, 0.29) is 6.61 Å². The van der Waals surface area contributed by atoms with E-state index in [1.807, 2.05) is 38.1 Å². The molecule has 0 atom stereocenters. The molecule has 0 unspecified atom stereocenters. The average molecular weight is 357 g/mol. The number of hydrogen-bond donors (Lipinski definition) is 3. The Balaban J connectivity index is 1.90. The monoisotopic (exact) mass is 357 g/mol. The van der Waals surface area contributed by atoms with Gasteiger partial charge in [0.25, 0.3) is 0 Å². The highest BCUT2D eigenvalue weighted by Gasteiger charge is 2.02. The molecule has 0 aliphatic rings. The Labute approximate surface area is 151 Å². The minimum absolute atomic E-state index is 0.368. The van der Waals surface area contributed by atoms with Gasteiger partial charge in [-0.15, -0.1) is 0 Å². The molecule has 0 aliphatic heterocycles. The highest BCUT2D eigenvalue weighted by Crippen LogP contribution is 2.13. The fourth-order valence-corrected chi connectivity index (χ4v) is 2.10. The molecule has 2 aromatic carbocycles. The van der Waals surface area contributed by atoms with Crippen LogP contribution in [-0.2, 0) is 4.79 Å². The van der Waals surface area contributed by atoms with Gasteiger partial charge in [0.05, 0.1) is 5.71 Å². The molecule has 0 radical (unpaired) electrons. The van der Waals surface area contributed by atoms with E-state index in [4.69, 9.17) is 22.1 Å². The summed E-state index contributed by atoms with van der Waals surface area (Å²) in [5, 5.41) is 16.3. The van der Waals surface area contributed by atoms with Gasteiger partial charge in [-0.05, 0) is 68.0 Å². The predicted octanol–water partition coefficient (Wildman–Crippen LogP) is 3.17. The second-order valence-corrected chi connectivity index (χ2v) is 5.74. The summed E-state index contributed by atoms with van der Waals surface area (Å²) in [6.45, 7) is 3.49. The van der Waals surface area contributed by atoms with E-state index in [0.29, 0.717) is 10.9 Å². The molecular weight excluding hydrogens is 338 g/mol. The maximum Gasteiger partial charge on any atom is 0.341 e. The SMILES string of the molecule is C/C(=N/NC(=S)Nc1ccc(C)cc1)c1ccc(OCC(=O)O)cc1. The number of aliphatic carboxylic acids is 1. The van der Waals surface area contributed by atoms with Gasteiger partial charge >= 0.3 is 5.97 Å². The van der Waals surface area contributed by atoms with Crippen molar-refractivity contribution >= 4 is 34.7 Å². The summed E-state index contributed by atoms with van der Waals surface area (Å²) in [7, 11) is 0. The van der Waals surface area contributed by atoms with Gasteiger partial charge in [-0.2, -0.15) is 5.10 Å². The third-order valence-electron chi connectivity index (χ3n) is 3.27. The largest absolute Gasteiger partial charge is 0.482 e. The van der Waals surface area contributed by atoms with E-state index in [0.717, 1.165) is 17.0 Å². The first kappa shape index (κ1) is 18.4. The number of aryl methyl sites for hydroxylation is 1. The summed E-state index contributed by atoms with van der Waals surface area (Å²) in [5.41, 5.74) is 6.46. The third-order valence-corrected chi connectivity index (χ3v) is 3.46. The number of carboxylic acids is 1. The number of thiocarbonyl (C=S) groups is 1. The molecule has 0 aliphatic carbocycles. The van der Waals surface area contributed by atoms with Crippen LogP contribution in [0.1, 0.15) is 18.1 Å². The van der Waals surface area contributed by atoms with Crippen molar-refractivity contribution in [3.05, 3.63) is 59.7 Å². The van der Waals surface area contributed by atoms with Crippen molar-refractivity contribution in [2.75, 3.05) is 11.9 Å². The number of rotatable bonds is 6. The molecule has 0 spiro atoms. The van der Waals surface area contributed by atoms with Crippen LogP contribution in [0.5, 0.6) is 5.75 Å². The number of carboxylic acid groups (broad SMARTS) is 1. The molecular formula is C18H19N3O3S. The normalized spacial score (nSPS) is 10.9. The van der Waals surface area contributed by atoms with Gasteiger partial charge in [0.15, 0.2) is 11.7 Å². The van der Waals surface area contributed by atoms with Crippen molar-refractivity contribution in [1.82, 2.24) is 5.43 Å². The van der Waals surface area contributed by atoms with Crippen LogP contribution in [0.15, 0.2) is 53.6 Å². The predicted molar refractivity (Wildman–Crippen MR) is 102 cm³/mol. The molecule has 0 fully saturated rings. The molecule has 0 bridgehead atoms. The Morgan fingerprint density at radius 1 is 1.16 bits per heavy atom. The molecule has 0 saturated heterocycles. The molecule has 2 rings (SSSR count). The molecule has 0 heterocycles. The van der Waals surface area contributed by atoms with Gasteiger partial charge < -0.3 is 15.2 Å². The first-order valence-electron chi connectivity index (χ1n) is 7.57. The minimum Gasteiger partial charge on any atom is -0.482 e. The number of benzene rings is 2. The fourth-order valence-electron chi connectivity index (χ4n) is 1.93. The lowest BCUT2D eigenvalue weighted by Crippen LogP contribution is -2.24. The number of nitrogens with zero attached hydrogens (tertiary/aromatic N) is 1. The molecule has 25 heavy (non-hydrogen) atoms. The van der Waals surface area contributed by atoms with Crippen LogP contribution in [0, 0.1) is 6.92 Å². The van der Waals surface area contributed by atoms with Crippen molar-refractivity contribution in [2.24, 2.45) is 5.10 Å². The van der Waals surface area contributed by atoms with E-state index in [9.17, 15) is 4.79 Å². The highest BCUT2D eigenvalue weighted by atomic mass is 32.1. The second kappa shape index (κ2) is 8.79. The highest BCUT2D eigenvalue weighted by molar-refractivity contribution is 7.80. The van der Waals surface area contributed by atoms with Crippen molar-refractivity contribution in [1.29, 1.82) is 0 Å². The summed E-state index contributed by atoms with van der Waals surface area (Å²) >= 11 is 5.21. The van der Waals surface area contributed by atoms with E-state index in [1.165, 1.54) is 5.56 Å². The van der Waals surface area contributed by atoms with Gasteiger partial charge in [-0.3, -0.25) is 5.43 Å². The molecule has 6 nitrogen and oxygen atoms in total. The first-order valence-corrected chi connectivity index (χ1v) is 7.98. The number of hydrazone groups is 1. The molecule has 2 aromatic rings. The Kier molecular flexibility index (Phi) is 6.47. The lowest BCUT2D eigenvalue weighted by atomic mass is 10.1. The van der Waals surface area contributed by atoms with Crippen LogP contribution < -0.4 is 15.5 Å². The molecule has 7 heteroatoms. The van der Waals surface area contributed by atoms with E-state index >= 15 is 0 Å². The van der Waals surface area contributed by atoms with Crippen LogP contribution in [0.2, 0.25) is 0 Å². The quantitative estimate of drug-likeness (QED) is 0.418. The van der Waals surface area contributed by atoms with Crippen molar-refractivity contribution < 1.29 is 14.6 Å². The summed E-state index contributed by atoms with van der Waals surface area (Å²) in [5.74, 6) is -0.524. The zero-order valence-electron chi connectivity index (χ0n) is 13.9. The molecule has 3 N–H and O–H groups in total.